The van der Waals surface area contributed by atoms with Gasteiger partial charge >= 0.3 is 5.97 Å². The molecule has 2 N–H and O–H groups in total. The van der Waals surface area contributed by atoms with Crippen LogP contribution in [0.15, 0.2) is 12.7 Å². The molecule has 2 unspecified atom stereocenters. The molecule has 0 aliphatic carbocycles. The van der Waals surface area contributed by atoms with Gasteiger partial charge in [-0.05, 0) is 25.4 Å². The normalized spacial score (nSPS) is 13.9. The number of carboxylic acid groups (broad SMARTS) is 1. The molecule has 0 aromatic carbocycles. The second-order valence-electron chi connectivity index (χ2n) is 3.73. The van der Waals surface area contributed by atoms with E-state index in [2.05, 4.69) is 15.4 Å². The molecule has 1 rings (SSSR count). The predicted octanol–water partition coefficient (Wildman–Crippen LogP) is 0.162. The number of carboxylic acids is 1. The maximum Gasteiger partial charge on any atom is 0.326 e. The number of hydrogen-bond acceptors (Lipinski definition) is 5. The van der Waals surface area contributed by atoms with E-state index in [0.29, 0.717) is 12.2 Å². The number of rotatable bonds is 7. The number of nitrogens with one attached hydrogen (secondary N) is 1. The van der Waals surface area contributed by atoms with Crippen LogP contribution in [-0.2, 0) is 9.59 Å². The van der Waals surface area contributed by atoms with Gasteiger partial charge in [0.1, 0.15) is 24.7 Å². The van der Waals surface area contributed by atoms with Crippen LogP contribution in [0.3, 0.4) is 0 Å². The van der Waals surface area contributed by atoms with Crippen molar-refractivity contribution in [1.29, 1.82) is 0 Å². The molecule has 18 heavy (non-hydrogen) atoms. The van der Waals surface area contributed by atoms with E-state index < -0.39 is 18.1 Å². The molecule has 1 aromatic heterocycles. The zero-order valence-electron chi connectivity index (χ0n) is 10.2. The van der Waals surface area contributed by atoms with Crippen LogP contribution in [0.4, 0.5) is 0 Å². The van der Waals surface area contributed by atoms with Crippen molar-refractivity contribution in [3.05, 3.63) is 12.7 Å². The minimum atomic E-state index is -1.02. The van der Waals surface area contributed by atoms with E-state index in [0.717, 1.165) is 0 Å². The fourth-order valence-corrected chi connectivity index (χ4v) is 1.79. The lowest BCUT2D eigenvalue weighted by atomic mass is 10.2. The molecule has 8 heteroatoms. The first kappa shape index (κ1) is 14.5. The summed E-state index contributed by atoms with van der Waals surface area (Å²) in [4.78, 5) is 26.6. The van der Waals surface area contributed by atoms with Gasteiger partial charge in [-0.15, -0.1) is 0 Å². The summed E-state index contributed by atoms with van der Waals surface area (Å²) in [6.45, 7) is 1.64. The summed E-state index contributed by atoms with van der Waals surface area (Å²) in [7, 11) is 0. The van der Waals surface area contributed by atoms with E-state index in [1.807, 2.05) is 6.26 Å². The number of thioether (sulfide) groups is 1. The number of aliphatic carboxylic acids is 1. The van der Waals surface area contributed by atoms with Crippen molar-refractivity contribution in [3.63, 3.8) is 0 Å². The highest BCUT2D eigenvalue weighted by Gasteiger charge is 2.23. The van der Waals surface area contributed by atoms with E-state index in [4.69, 9.17) is 5.11 Å². The van der Waals surface area contributed by atoms with Crippen LogP contribution in [0.1, 0.15) is 19.4 Å². The first-order chi connectivity index (χ1) is 8.56. The molecular weight excluding hydrogens is 256 g/mol. The van der Waals surface area contributed by atoms with Gasteiger partial charge in [-0.25, -0.2) is 14.5 Å². The maximum atomic E-state index is 11.8. The lowest BCUT2D eigenvalue weighted by Crippen LogP contribution is -2.44. The topological polar surface area (TPSA) is 97.1 Å². The van der Waals surface area contributed by atoms with Crippen molar-refractivity contribution in [3.8, 4) is 0 Å². The summed E-state index contributed by atoms with van der Waals surface area (Å²) in [5.41, 5.74) is 0. The SMILES string of the molecule is CSCCC(NC(=O)C(C)n1cncn1)C(=O)O. The number of carbonyl (C=O) groups is 2. The molecular formula is C10H16N4O3S. The minimum absolute atomic E-state index is 0.381. The van der Waals surface area contributed by atoms with Crippen LogP contribution in [0, 0.1) is 0 Å². The van der Waals surface area contributed by atoms with E-state index in [1.165, 1.54) is 29.1 Å². The quantitative estimate of drug-likeness (QED) is 0.734. The van der Waals surface area contributed by atoms with Crippen molar-refractivity contribution >= 4 is 23.6 Å². The van der Waals surface area contributed by atoms with Gasteiger partial charge < -0.3 is 10.4 Å². The molecule has 0 aliphatic heterocycles. The van der Waals surface area contributed by atoms with Crippen LogP contribution in [-0.4, -0.2) is 49.8 Å². The largest absolute Gasteiger partial charge is 0.480 e. The predicted molar refractivity (Wildman–Crippen MR) is 67.3 cm³/mol. The monoisotopic (exact) mass is 272 g/mol. The highest BCUT2D eigenvalue weighted by Crippen LogP contribution is 2.05. The average Bonchev–Trinajstić information content (AvgIpc) is 2.86. The lowest BCUT2D eigenvalue weighted by molar-refractivity contribution is -0.142. The van der Waals surface area contributed by atoms with Crippen LogP contribution in [0.5, 0.6) is 0 Å². The molecule has 7 nitrogen and oxygen atoms in total. The van der Waals surface area contributed by atoms with E-state index in [9.17, 15) is 9.59 Å². The van der Waals surface area contributed by atoms with Crippen molar-refractivity contribution < 1.29 is 14.7 Å². The molecule has 0 saturated heterocycles. The molecule has 100 valence electrons. The molecule has 1 heterocycles. The van der Waals surface area contributed by atoms with Gasteiger partial charge in [0.25, 0.3) is 0 Å². The summed E-state index contributed by atoms with van der Waals surface area (Å²) >= 11 is 1.54. The number of amides is 1. The van der Waals surface area contributed by atoms with Crippen molar-refractivity contribution in [2.45, 2.75) is 25.4 Å². The summed E-state index contributed by atoms with van der Waals surface area (Å²) in [6.07, 6.45) is 5.03. The standard InChI is InChI=1S/C10H16N4O3S/c1-7(14-6-11-5-12-14)9(15)13-8(10(16)17)3-4-18-2/h5-8H,3-4H2,1-2H3,(H,13,15)(H,16,17). The van der Waals surface area contributed by atoms with Crippen LogP contribution in [0.25, 0.3) is 0 Å². The Kier molecular flexibility index (Phi) is 5.63. The Bertz CT molecular complexity index is 396. The fourth-order valence-electron chi connectivity index (χ4n) is 1.32. The van der Waals surface area contributed by atoms with Crippen LogP contribution in [0.2, 0.25) is 0 Å². The average molecular weight is 272 g/mol. The van der Waals surface area contributed by atoms with Crippen LogP contribution >= 0.6 is 11.8 Å². The second-order valence-corrected chi connectivity index (χ2v) is 4.72. The number of aromatic nitrogens is 3. The van der Waals surface area contributed by atoms with Crippen molar-refractivity contribution in [1.82, 2.24) is 20.1 Å². The molecule has 0 radical (unpaired) electrons. The maximum absolute atomic E-state index is 11.8. The Morgan fingerprint density at radius 2 is 2.28 bits per heavy atom. The van der Waals surface area contributed by atoms with Gasteiger partial charge in [0.05, 0.1) is 0 Å². The third-order valence-corrected chi connectivity index (χ3v) is 3.08. The smallest absolute Gasteiger partial charge is 0.326 e. The number of carbonyl (C=O) groups excluding carboxylic acids is 1. The summed E-state index contributed by atoms with van der Waals surface area (Å²) in [5.74, 6) is -0.730. The first-order valence-electron chi connectivity index (χ1n) is 5.42. The molecule has 0 fully saturated rings. The summed E-state index contributed by atoms with van der Waals surface area (Å²) in [6, 6.07) is -1.44. The van der Waals surface area contributed by atoms with Gasteiger partial charge in [-0.3, -0.25) is 4.79 Å². The summed E-state index contributed by atoms with van der Waals surface area (Å²) in [5, 5.41) is 15.3. The van der Waals surface area contributed by atoms with Gasteiger partial charge in [-0.1, -0.05) is 0 Å². The Hall–Kier alpha value is -1.57. The highest BCUT2D eigenvalue weighted by atomic mass is 32.2. The van der Waals surface area contributed by atoms with Crippen molar-refractivity contribution in [2.75, 3.05) is 12.0 Å². The Morgan fingerprint density at radius 1 is 1.56 bits per heavy atom. The zero-order chi connectivity index (χ0) is 13.5. The second kappa shape index (κ2) is 7.00. The van der Waals surface area contributed by atoms with E-state index >= 15 is 0 Å². The molecule has 1 aromatic rings. The van der Waals surface area contributed by atoms with Gasteiger partial charge in [0, 0.05) is 0 Å². The fraction of sp³-hybridized carbons (Fsp3) is 0.600. The minimum Gasteiger partial charge on any atom is -0.480 e. The molecule has 0 spiro atoms. The first-order valence-corrected chi connectivity index (χ1v) is 6.82. The number of nitrogens with zero attached hydrogens (tertiary/aromatic N) is 3. The molecule has 0 saturated carbocycles. The highest BCUT2D eigenvalue weighted by molar-refractivity contribution is 7.98. The molecule has 0 bridgehead atoms. The molecule has 2 atom stereocenters. The van der Waals surface area contributed by atoms with Gasteiger partial charge in [0.2, 0.25) is 5.91 Å². The Balaban J connectivity index is 2.58. The number of hydrogen-bond donors (Lipinski definition) is 2. The van der Waals surface area contributed by atoms with Gasteiger partial charge in [0.15, 0.2) is 0 Å². The summed E-state index contributed by atoms with van der Waals surface area (Å²) < 4.78 is 1.38. The molecule has 1 amide bonds. The Labute approximate surface area is 109 Å². The lowest BCUT2D eigenvalue weighted by Gasteiger charge is -2.17. The van der Waals surface area contributed by atoms with Crippen molar-refractivity contribution in [2.24, 2.45) is 0 Å². The third kappa shape index (κ3) is 4.02. The Morgan fingerprint density at radius 3 is 2.78 bits per heavy atom. The van der Waals surface area contributed by atoms with E-state index in [-0.39, 0.29) is 5.91 Å². The molecule has 0 aliphatic rings. The van der Waals surface area contributed by atoms with E-state index in [1.54, 1.807) is 6.92 Å². The van der Waals surface area contributed by atoms with Crippen LogP contribution < -0.4 is 5.32 Å². The third-order valence-electron chi connectivity index (χ3n) is 2.44. The van der Waals surface area contributed by atoms with Gasteiger partial charge in [-0.2, -0.15) is 16.9 Å². The zero-order valence-corrected chi connectivity index (χ0v) is 11.1.